The van der Waals surface area contributed by atoms with E-state index in [9.17, 15) is 9.90 Å². The predicted molar refractivity (Wildman–Crippen MR) is 76.6 cm³/mol. The molecule has 1 N–H and O–H groups in total. The second-order valence-electron chi connectivity index (χ2n) is 3.74. The largest absolute Gasteiger partial charge is 0.384 e. The van der Waals surface area contributed by atoms with Crippen molar-refractivity contribution < 1.29 is 9.90 Å². The zero-order valence-electron chi connectivity index (χ0n) is 10.2. The monoisotopic (exact) mass is 260 g/mol. The smallest absolute Gasteiger partial charge is 0.182 e. The third-order valence-corrected chi connectivity index (χ3v) is 2.23. The van der Waals surface area contributed by atoms with Crippen LogP contribution in [0.25, 0.3) is 0 Å². The van der Waals surface area contributed by atoms with Gasteiger partial charge < -0.3 is 5.11 Å². The Hall–Kier alpha value is -1.58. The molecule has 0 saturated carbocycles. The Morgan fingerprint density at radius 2 is 1.22 bits per heavy atom. The number of carbonyl (C=O) groups excluding carboxylic acids is 1. The van der Waals surface area contributed by atoms with E-state index in [1.165, 1.54) is 6.92 Å². The van der Waals surface area contributed by atoms with Crippen molar-refractivity contribution in [1.82, 2.24) is 0 Å². The van der Waals surface area contributed by atoms with Crippen LogP contribution >= 0.6 is 12.6 Å². The van der Waals surface area contributed by atoms with Gasteiger partial charge in [-0.15, -0.1) is 12.6 Å². The van der Waals surface area contributed by atoms with E-state index in [1.54, 1.807) is 0 Å². The Morgan fingerprint density at radius 1 is 0.944 bits per heavy atom. The lowest BCUT2D eigenvalue weighted by Gasteiger charge is -2.10. The van der Waals surface area contributed by atoms with Crippen molar-refractivity contribution >= 4 is 17.7 Å². The van der Waals surface area contributed by atoms with E-state index in [4.69, 9.17) is 0 Å². The van der Waals surface area contributed by atoms with Gasteiger partial charge >= 0.3 is 0 Å². The Labute approximate surface area is 113 Å². The summed E-state index contributed by atoms with van der Waals surface area (Å²) in [5, 5.41) is 9.85. The van der Waals surface area contributed by atoms with E-state index in [-0.39, 0.29) is 5.12 Å². The van der Waals surface area contributed by atoms with Crippen molar-refractivity contribution in [2.24, 2.45) is 0 Å². The molecule has 0 radical (unpaired) electrons. The Balaban J connectivity index is 0.000000357. The van der Waals surface area contributed by atoms with Crippen LogP contribution in [0.1, 0.15) is 24.2 Å². The van der Waals surface area contributed by atoms with Crippen LogP contribution in [0.4, 0.5) is 0 Å². The van der Waals surface area contributed by atoms with Crippen LogP contribution in [-0.4, -0.2) is 10.2 Å². The first-order valence-corrected chi connectivity index (χ1v) is 6.03. The molecule has 0 fully saturated rings. The molecule has 2 aromatic carbocycles. The molecule has 2 rings (SSSR count). The van der Waals surface area contributed by atoms with Gasteiger partial charge in [-0.05, 0) is 11.1 Å². The summed E-state index contributed by atoms with van der Waals surface area (Å²) in [6.07, 6.45) is -0.516. The lowest BCUT2D eigenvalue weighted by Crippen LogP contribution is -1.98. The van der Waals surface area contributed by atoms with Gasteiger partial charge in [-0.1, -0.05) is 60.7 Å². The summed E-state index contributed by atoms with van der Waals surface area (Å²) >= 11 is 3.33. The Kier molecular flexibility index (Phi) is 6.19. The molecule has 2 aromatic rings. The van der Waals surface area contributed by atoms with Crippen LogP contribution < -0.4 is 0 Å². The summed E-state index contributed by atoms with van der Waals surface area (Å²) in [6.45, 7) is 1.39. The van der Waals surface area contributed by atoms with E-state index in [2.05, 4.69) is 12.6 Å². The van der Waals surface area contributed by atoms with Gasteiger partial charge in [-0.2, -0.15) is 0 Å². The maximum Gasteiger partial charge on any atom is 0.182 e. The maximum atomic E-state index is 9.99. The normalized spacial score (nSPS) is 9.56. The molecule has 0 amide bonds. The topological polar surface area (TPSA) is 37.3 Å². The molecular formula is C15H16O2S. The van der Waals surface area contributed by atoms with Crippen LogP contribution in [-0.2, 0) is 4.79 Å². The van der Waals surface area contributed by atoms with Crippen LogP contribution in [0.5, 0.6) is 0 Å². The molecule has 0 aliphatic carbocycles. The first kappa shape index (κ1) is 14.5. The molecule has 0 heterocycles. The van der Waals surface area contributed by atoms with Crippen LogP contribution in [0.15, 0.2) is 60.7 Å². The number of aliphatic hydroxyl groups is 1. The zero-order chi connectivity index (χ0) is 13.4. The van der Waals surface area contributed by atoms with Crippen molar-refractivity contribution in [2.75, 3.05) is 0 Å². The standard InChI is InChI=1S/C13H12O.C2H4OS/c14-13(11-7-3-1-4-8-11)12-9-5-2-6-10-12;1-2(3)4/h1-10,13-14H;1H3,(H,3,4). The molecule has 2 nitrogen and oxygen atoms in total. The van der Waals surface area contributed by atoms with Crippen molar-refractivity contribution in [3.63, 3.8) is 0 Å². The van der Waals surface area contributed by atoms with Crippen molar-refractivity contribution in [3.05, 3.63) is 71.8 Å². The number of hydrogen-bond donors (Lipinski definition) is 2. The minimum absolute atomic E-state index is 0.139. The molecule has 18 heavy (non-hydrogen) atoms. The fourth-order valence-electron chi connectivity index (χ4n) is 1.46. The SMILES string of the molecule is CC(=O)S.OC(c1ccccc1)c1ccccc1. The van der Waals surface area contributed by atoms with Crippen LogP contribution in [0.2, 0.25) is 0 Å². The molecule has 0 aliphatic rings. The first-order chi connectivity index (χ1) is 8.61. The highest BCUT2D eigenvalue weighted by molar-refractivity contribution is 7.96. The number of aliphatic hydroxyl groups excluding tert-OH is 1. The predicted octanol–water partition coefficient (Wildman–Crippen LogP) is 3.23. The lowest BCUT2D eigenvalue weighted by molar-refractivity contribution is -0.108. The highest BCUT2D eigenvalue weighted by Crippen LogP contribution is 2.20. The van der Waals surface area contributed by atoms with Gasteiger partial charge in [0.15, 0.2) is 5.12 Å². The van der Waals surface area contributed by atoms with Gasteiger partial charge in [-0.3, -0.25) is 4.79 Å². The Bertz CT molecular complexity index is 425. The average Bonchev–Trinajstić information content (AvgIpc) is 2.39. The van der Waals surface area contributed by atoms with Crippen molar-refractivity contribution in [2.45, 2.75) is 13.0 Å². The highest BCUT2D eigenvalue weighted by Gasteiger charge is 2.07. The van der Waals surface area contributed by atoms with Crippen molar-refractivity contribution in [1.29, 1.82) is 0 Å². The number of hydrogen-bond acceptors (Lipinski definition) is 2. The third kappa shape index (κ3) is 5.17. The van der Waals surface area contributed by atoms with Gasteiger partial charge in [0.25, 0.3) is 0 Å². The van der Waals surface area contributed by atoms with E-state index in [0.717, 1.165) is 11.1 Å². The summed E-state index contributed by atoms with van der Waals surface area (Å²) in [6, 6.07) is 19.3. The second kappa shape index (κ2) is 7.69. The summed E-state index contributed by atoms with van der Waals surface area (Å²) in [5.74, 6) is 0. The van der Waals surface area contributed by atoms with E-state index >= 15 is 0 Å². The third-order valence-electron chi connectivity index (χ3n) is 2.23. The molecule has 0 saturated heterocycles. The van der Waals surface area contributed by atoms with Crippen LogP contribution in [0.3, 0.4) is 0 Å². The van der Waals surface area contributed by atoms with Gasteiger partial charge in [0.1, 0.15) is 6.10 Å². The van der Waals surface area contributed by atoms with Gasteiger partial charge in [0, 0.05) is 6.92 Å². The molecule has 0 atom stereocenters. The maximum absolute atomic E-state index is 9.99. The minimum Gasteiger partial charge on any atom is -0.384 e. The second-order valence-corrected chi connectivity index (χ2v) is 4.37. The number of thiol groups is 1. The Morgan fingerprint density at radius 3 is 1.50 bits per heavy atom. The summed E-state index contributed by atoms with van der Waals surface area (Å²) in [4.78, 5) is 9.31. The number of carbonyl (C=O) groups is 1. The number of rotatable bonds is 2. The fourth-order valence-corrected chi connectivity index (χ4v) is 1.46. The highest BCUT2D eigenvalue weighted by atomic mass is 32.1. The molecule has 0 spiro atoms. The fraction of sp³-hybridized carbons (Fsp3) is 0.133. The zero-order valence-corrected chi connectivity index (χ0v) is 11.0. The molecular weight excluding hydrogens is 244 g/mol. The summed E-state index contributed by atoms with van der Waals surface area (Å²) in [7, 11) is 0. The van der Waals surface area contributed by atoms with Gasteiger partial charge in [0.2, 0.25) is 0 Å². The summed E-state index contributed by atoms with van der Waals surface area (Å²) < 4.78 is 0. The molecule has 94 valence electrons. The molecule has 0 bridgehead atoms. The minimum atomic E-state index is -0.516. The first-order valence-electron chi connectivity index (χ1n) is 5.58. The van der Waals surface area contributed by atoms with Crippen molar-refractivity contribution in [3.8, 4) is 0 Å². The van der Waals surface area contributed by atoms with Gasteiger partial charge in [-0.25, -0.2) is 0 Å². The molecule has 3 heteroatoms. The van der Waals surface area contributed by atoms with Crippen LogP contribution in [0, 0.1) is 0 Å². The molecule has 0 aliphatic heterocycles. The summed E-state index contributed by atoms with van der Waals surface area (Å²) in [5.41, 5.74) is 1.86. The quantitative estimate of drug-likeness (QED) is 0.813. The lowest BCUT2D eigenvalue weighted by atomic mass is 10.0. The average molecular weight is 260 g/mol. The number of benzene rings is 2. The van der Waals surface area contributed by atoms with Gasteiger partial charge in [0.05, 0.1) is 0 Å². The van der Waals surface area contributed by atoms with E-state index in [0.29, 0.717) is 0 Å². The van der Waals surface area contributed by atoms with E-state index < -0.39 is 6.10 Å². The molecule has 0 aromatic heterocycles. The van der Waals surface area contributed by atoms with E-state index in [1.807, 2.05) is 60.7 Å². The molecule has 0 unspecified atom stereocenters.